The molecular weight excluding hydrogens is 142 g/mol. The number of aromatic nitrogens is 1. The molecule has 3 heteroatoms. The molecule has 0 atom stereocenters. The highest BCUT2D eigenvalue weighted by Gasteiger charge is 2.02. The second kappa shape index (κ2) is 3.14. The molecule has 0 aromatic carbocycles. The minimum Gasteiger partial charge on any atom is -0.506 e. The largest absolute Gasteiger partial charge is 0.506 e. The first-order chi connectivity index (χ1) is 5.24. The van der Waals surface area contributed by atoms with E-state index in [0.717, 1.165) is 0 Å². The van der Waals surface area contributed by atoms with Crippen LogP contribution < -0.4 is 0 Å². The van der Waals surface area contributed by atoms with E-state index in [1.54, 1.807) is 6.92 Å². The highest BCUT2D eigenvalue weighted by atomic mass is 16.3. The van der Waals surface area contributed by atoms with Crippen molar-refractivity contribution in [3.05, 3.63) is 24.0 Å². The molecule has 1 aromatic rings. The lowest BCUT2D eigenvalue weighted by molar-refractivity contribution is 0.0983. The Morgan fingerprint density at radius 3 is 2.82 bits per heavy atom. The van der Waals surface area contributed by atoms with Gasteiger partial charge in [-0.1, -0.05) is 6.92 Å². The number of ketones is 1. The van der Waals surface area contributed by atoms with Gasteiger partial charge in [-0.3, -0.25) is 4.79 Å². The Morgan fingerprint density at radius 2 is 2.36 bits per heavy atom. The number of rotatable bonds is 2. The Kier molecular flexibility index (Phi) is 2.21. The zero-order valence-corrected chi connectivity index (χ0v) is 6.24. The highest BCUT2D eigenvalue weighted by molar-refractivity contribution is 5.93. The molecule has 0 fully saturated rings. The summed E-state index contributed by atoms with van der Waals surface area (Å²) in [6, 6.07) is 2.97. The highest BCUT2D eigenvalue weighted by Crippen LogP contribution is 2.06. The maximum atomic E-state index is 11.0. The van der Waals surface area contributed by atoms with Crippen molar-refractivity contribution in [3.63, 3.8) is 0 Å². The number of pyridine rings is 1. The average molecular weight is 151 g/mol. The van der Waals surface area contributed by atoms with Gasteiger partial charge in [-0.05, 0) is 12.1 Å². The molecule has 1 heterocycles. The van der Waals surface area contributed by atoms with E-state index in [2.05, 4.69) is 4.98 Å². The quantitative estimate of drug-likeness (QED) is 0.649. The van der Waals surface area contributed by atoms with Crippen LogP contribution >= 0.6 is 0 Å². The predicted molar refractivity (Wildman–Crippen MR) is 40.5 cm³/mol. The second-order valence-corrected chi connectivity index (χ2v) is 2.18. The molecule has 1 aromatic heterocycles. The molecule has 1 N–H and O–H groups in total. The Hall–Kier alpha value is -1.38. The van der Waals surface area contributed by atoms with Gasteiger partial charge in [0.2, 0.25) is 0 Å². The third-order valence-corrected chi connectivity index (χ3v) is 1.35. The summed E-state index contributed by atoms with van der Waals surface area (Å²) >= 11 is 0. The number of hydrogen-bond acceptors (Lipinski definition) is 3. The average Bonchev–Trinajstić information content (AvgIpc) is 2.05. The number of Topliss-reactive ketones (excluding diaryl/α,β-unsaturated/α-hetero) is 1. The van der Waals surface area contributed by atoms with Crippen molar-refractivity contribution in [3.8, 4) is 5.75 Å². The SMILES string of the molecule is CCC(=O)c1ccc(O)cn1. The number of carbonyl (C=O) groups is 1. The molecule has 0 saturated carbocycles. The summed E-state index contributed by atoms with van der Waals surface area (Å²) in [5.41, 5.74) is 0.408. The minimum atomic E-state index is -0.00926. The van der Waals surface area contributed by atoms with E-state index in [4.69, 9.17) is 5.11 Å². The molecule has 0 aliphatic heterocycles. The molecule has 0 spiro atoms. The topological polar surface area (TPSA) is 50.2 Å². The van der Waals surface area contributed by atoms with Crippen LogP contribution in [0.25, 0.3) is 0 Å². The fraction of sp³-hybridized carbons (Fsp3) is 0.250. The standard InChI is InChI=1S/C8H9NO2/c1-2-8(11)7-4-3-6(10)5-9-7/h3-5,10H,2H2,1H3. The van der Waals surface area contributed by atoms with Crippen molar-refractivity contribution < 1.29 is 9.90 Å². The van der Waals surface area contributed by atoms with E-state index in [-0.39, 0.29) is 11.5 Å². The Labute approximate surface area is 64.7 Å². The van der Waals surface area contributed by atoms with Crippen molar-refractivity contribution in [1.29, 1.82) is 0 Å². The summed E-state index contributed by atoms with van der Waals surface area (Å²) in [5.74, 6) is 0.0719. The van der Waals surface area contributed by atoms with Gasteiger partial charge in [-0.15, -0.1) is 0 Å². The molecule has 1 rings (SSSR count). The van der Waals surface area contributed by atoms with E-state index >= 15 is 0 Å². The predicted octanol–water partition coefficient (Wildman–Crippen LogP) is 1.38. The fourth-order valence-electron chi connectivity index (χ4n) is 0.732. The molecule has 0 radical (unpaired) electrons. The molecule has 58 valence electrons. The van der Waals surface area contributed by atoms with Gasteiger partial charge in [-0.2, -0.15) is 0 Å². The van der Waals surface area contributed by atoms with Crippen LogP contribution in [0.1, 0.15) is 23.8 Å². The summed E-state index contributed by atoms with van der Waals surface area (Å²) in [7, 11) is 0. The summed E-state index contributed by atoms with van der Waals surface area (Å²) in [6.45, 7) is 1.77. The van der Waals surface area contributed by atoms with E-state index in [9.17, 15) is 4.79 Å². The molecule has 0 bridgehead atoms. The molecule has 0 unspecified atom stereocenters. The number of hydrogen-bond donors (Lipinski definition) is 1. The zero-order chi connectivity index (χ0) is 8.27. The van der Waals surface area contributed by atoms with E-state index in [0.29, 0.717) is 12.1 Å². The first-order valence-electron chi connectivity index (χ1n) is 3.42. The van der Waals surface area contributed by atoms with Crippen LogP contribution in [0.2, 0.25) is 0 Å². The van der Waals surface area contributed by atoms with Crippen molar-refractivity contribution in [2.24, 2.45) is 0 Å². The van der Waals surface area contributed by atoms with Crippen LogP contribution in [-0.4, -0.2) is 15.9 Å². The first-order valence-corrected chi connectivity index (χ1v) is 3.42. The van der Waals surface area contributed by atoms with Gasteiger partial charge in [0.05, 0.1) is 6.20 Å². The monoisotopic (exact) mass is 151 g/mol. The third-order valence-electron chi connectivity index (χ3n) is 1.35. The van der Waals surface area contributed by atoms with Crippen LogP contribution in [0.15, 0.2) is 18.3 Å². The fourth-order valence-corrected chi connectivity index (χ4v) is 0.732. The third kappa shape index (κ3) is 1.77. The van der Waals surface area contributed by atoms with E-state index in [1.807, 2.05) is 0 Å². The van der Waals surface area contributed by atoms with Crippen LogP contribution in [-0.2, 0) is 0 Å². The molecule has 0 aliphatic rings. The van der Waals surface area contributed by atoms with Crippen LogP contribution in [0, 0.1) is 0 Å². The second-order valence-electron chi connectivity index (χ2n) is 2.18. The van der Waals surface area contributed by atoms with Crippen LogP contribution in [0.3, 0.4) is 0 Å². The van der Waals surface area contributed by atoms with Crippen molar-refractivity contribution in [2.75, 3.05) is 0 Å². The molecule has 0 aliphatic carbocycles. The Balaban J connectivity index is 2.90. The van der Waals surface area contributed by atoms with Gasteiger partial charge >= 0.3 is 0 Å². The van der Waals surface area contributed by atoms with E-state index < -0.39 is 0 Å². The van der Waals surface area contributed by atoms with Crippen molar-refractivity contribution >= 4 is 5.78 Å². The summed E-state index contributed by atoms with van der Waals surface area (Å²) in [4.78, 5) is 14.7. The van der Waals surface area contributed by atoms with Gasteiger partial charge in [-0.25, -0.2) is 4.98 Å². The Morgan fingerprint density at radius 1 is 1.64 bits per heavy atom. The number of carbonyl (C=O) groups excluding carboxylic acids is 1. The van der Waals surface area contributed by atoms with Crippen molar-refractivity contribution in [2.45, 2.75) is 13.3 Å². The lowest BCUT2D eigenvalue weighted by Gasteiger charge is -1.95. The normalized spacial score (nSPS) is 9.55. The summed E-state index contributed by atoms with van der Waals surface area (Å²) in [5, 5.41) is 8.84. The number of nitrogens with zero attached hydrogens (tertiary/aromatic N) is 1. The van der Waals surface area contributed by atoms with Gasteiger partial charge in [0, 0.05) is 6.42 Å². The smallest absolute Gasteiger partial charge is 0.180 e. The van der Waals surface area contributed by atoms with Gasteiger partial charge < -0.3 is 5.11 Å². The van der Waals surface area contributed by atoms with Crippen molar-refractivity contribution in [1.82, 2.24) is 4.98 Å². The van der Waals surface area contributed by atoms with Crippen LogP contribution in [0.5, 0.6) is 5.75 Å². The maximum absolute atomic E-state index is 11.0. The molecule has 0 amide bonds. The zero-order valence-electron chi connectivity index (χ0n) is 6.24. The Bertz CT molecular complexity index is 253. The molecular formula is C8H9NO2. The maximum Gasteiger partial charge on any atom is 0.180 e. The molecule has 0 saturated heterocycles. The molecule has 3 nitrogen and oxygen atoms in total. The van der Waals surface area contributed by atoms with Gasteiger partial charge in [0.25, 0.3) is 0 Å². The lowest BCUT2D eigenvalue weighted by Crippen LogP contribution is -1.98. The van der Waals surface area contributed by atoms with Crippen LogP contribution in [0.4, 0.5) is 0 Å². The number of aromatic hydroxyl groups is 1. The van der Waals surface area contributed by atoms with Gasteiger partial charge in [0.1, 0.15) is 11.4 Å². The summed E-state index contributed by atoms with van der Waals surface area (Å²) < 4.78 is 0. The minimum absolute atomic E-state index is 0.00926. The van der Waals surface area contributed by atoms with Gasteiger partial charge in [0.15, 0.2) is 5.78 Å². The summed E-state index contributed by atoms with van der Waals surface area (Å²) in [6.07, 6.45) is 1.71. The first kappa shape index (κ1) is 7.72. The molecule has 11 heavy (non-hydrogen) atoms. The van der Waals surface area contributed by atoms with E-state index in [1.165, 1.54) is 18.3 Å². The lowest BCUT2D eigenvalue weighted by atomic mass is 10.2.